The van der Waals surface area contributed by atoms with Crippen molar-refractivity contribution in [1.82, 2.24) is 14.8 Å². The van der Waals surface area contributed by atoms with Crippen LogP contribution in [0, 0.1) is 5.82 Å². The Morgan fingerprint density at radius 1 is 1.32 bits per heavy atom. The molecule has 1 amide bonds. The molecule has 0 atom stereocenters. The van der Waals surface area contributed by atoms with Gasteiger partial charge in [0.2, 0.25) is 5.91 Å². The molecule has 0 radical (unpaired) electrons. The van der Waals surface area contributed by atoms with Crippen LogP contribution < -0.4 is 10.2 Å². The lowest BCUT2D eigenvalue weighted by molar-refractivity contribution is -0.922. The summed E-state index contributed by atoms with van der Waals surface area (Å²) in [6, 6.07) is 5.68. The van der Waals surface area contributed by atoms with Crippen LogP contribution >= 0.6 is 11.8 Å². The fourth-order valence-corrected chi connectivity index (χ4v) is 3.28. The summed E-state index contributed by atoms with van der Waals surface area (Å²) in [5, 5.41) is 11.8. The molecule has 0 aliphatic carbocycles. The van der Waals surface area contributed by atoms with Crippen LogP contribution in [0.3, 0.4) is 0 Å². The Hall–Kier alpha value is -1.97. The molecule has 1 aromatic carbocycles. The van der Waals surface area contributed by atoms with Crippen LogP contribution in [0.5, 0.6) is 0 Å². The molecule has 1 aliphatic rings. The van der Waals surface area contributed by atoms with Crippen molar-refractivity contribution in [3.8, 4) is 0 Å². The molecule has 0 bridgehead atoms. The second-order valence-corrected chi connectivity index (χ2v) is 6.78. The summed E-state index contributed by atoms with van der Waals surface area (Å²) < 4.78 is 20.2. The summed E-state index contributed by atoms with van der Waals surface area (Å²) in [7, 11) is 1.91. The third-order valence-corrected chi connectivity index (χ3v) is 5.01. The van der Waals surface area contributed by atoms with E-state index in [0.29, 0.717) is 10.8 Å². The minimum Gasteiger partial charge on any atom is -0.370 e. The van der Waals surface area contributed by atoms with E-state index in [1.807, 2.05) is 11.6 Å². The quantitative estimate of drug-likeness (QED) is 0.710. The van der Waals surface area contributed by atoms with Gasteiger partial charge in [0, 0.05) is 12.7 Å². The number of nitrogens with one attached hydrogen (secondary N) is 2. The Labute approximate surface area is 149 Å². The highest BCUT2D eigenvalue weighted by Crippen LogP contribution is 2.16. The lowest BCUT2D eigenvalue weighted by Gasteiger charge is -2.23. The lowest BCUT2D eigenvalue weighted by atomic mass is 10.3. The molecule has 2 heterocycles. The van der Waals surface area contributed by atoms with Gasteiger partial charge in [-0.3, -0.25) is 4.79 Å². The number of ether oxygens (including phenoxy) is 1. The van der Waals surface area contributed by atoms with E-state index in [1.165, 1.54) is 40.9 Å². The van der Waals surface area contributed by atoms with Crippen molar-refractivity contribution in [2.75, 3.05) is 37.4 Å². The highest BCUT2D eigenvalue weighted by atomic mass is 32.2. The van der Waals surface area contributed by atoms with Crippen LogP contribution in [-0.4, -0.2) is 52.7 Å². The smallest absolute Gasteiger partial charge is 0.234 e. The second-order valence-electron chi connectivity index (χ2n) is 5.84. The number of amides is 1. The van der Waals surface area contributed by atoms with Crippen molar-refractivity contribution in [2.45, 2.75) is 11.7 Å². The fraction of sp³-hybridized carbons (Fsp3) is 0.438. The Morgan fingerprint density at radius 3 is 2.76 bits per heavy atom. The van der Waals surface area contributed by atoms with E-state index >= 15 is 0 Å². The first-order valence-electron chi connectivity index (χ1n) is 8.09. The van der Waals surface area contributed by atoms with Gasteiger partial charge in [-0.1, -0.05) is 11.8 Å². The molecule has 134 valence electrons. The van der Waals surface area contributed by atoms with Crippen molar-refractivity contribution in [3.63, 3.8) is 0 Å². The maximum absolute atomic E-state index is 12.9. The summed E-state index contributed by atoms with van der Waals surface area (Å²) in [6.45, 7) is 4.29. The van der Waals surface area contributed by atoms with Crippen molar-refractivity contribution in [3.05, 3.63) is 35.9 Å². The molecule has 9 heteroatoms. The number of hydrogen-bond acceptors (Lipinski definition) is 5. The molecule has 0 saturated carbocycles. The van der Waals surface area contributed by atoms with E-state index in [0.717, 1.165) is 38.7 Å². The Balaban J connectivity index is 1.50. The van der Waals surface area contributed by atoms with E-state index < -0.39 is 0 Å². The Bertz CT molecular complexity index is 716. The van der Waals surface area contributed by atoms with Crippen molar-refractivity contribution in [1.29, 1.82) is 0 Å². The van der Waals surface area contributed by atoms with E-state index in [2.05, 4.69) is 15.5 Å². The first kappa shape index (κ1) is 17.8. The van der Waals surface area contributed by atoms with E-state index in [1.54, 1.807) is 0 Å². The van der Waals surface area contributed by atoms with Crippen LogP contribution in [-0.2, 0) is 23.1 Å². The van der Waals surface area contributed by atoms with E-state index in [-0.39, 0.29) is 17.5 Å². The molecule has 25 heavy (non-hydrogen) atoms. The summed E-state index contributed by atoms with van der Waals surface area (Å²) in [5.74, 6) is 0.619. The standard InChI is InChI=1S/C16H20FN5O2S/c1-21-14(10-22-6-8-24-9-7-22)19-20-16(21)25-11-15(23)18-13-4-2-12(17)3-5-13/h2-5H,6-11H2,1H3,(H,18,23)/p+1. The number of rotatable bonds is 6. The first-order chi connectivity index (χ1) is 12.1. The summed E-state index contributed by atoms with van der Waals surface area (Å²) in [5.41, 5.74) is 0.571. The largest absolute Gasteiger partial charge is 0.370 e. The number of anilines is 1. The third-order valence-electron chi connectivity index (χ3n) is 3.99. The summed E-state index contributed by atoms with van der Waals surface area (Å²) in [4.78, 5) is 13.4. The molecule has 2 aromatic rings. The zero-order valence-electron chi connectivity index (χ0n) is 14.0. The van der Waals surface area contributed by atoms with E-state index in [4.69, 9.17) is 4.74 Å². The predicted octanol–water partition coefficient (Wildman–Crippen LogP) is 0.100. The highest BCUT2D eigenvalue weighted by molar-refractivity contribution is 7.99. The maximum atomic E-state index is 12.9. The molecular formula is C16H21FN5O2S+. The third kappa shape index (κ3) is 5.00. The monoisotopic (exact) mass is 366 g/mol. The molecule has 1 saturated heterocycles. The maximum Gasteiger partial charge on any atom is 0.234 e. The zero-order valence-corrected chi connectivity index (χ0v) is 14.8. The van der Waals surface area contributed by atoms with E-state index in [9.17, 15) is 9.18 Å². The highest BCUT2D eigenvalue weighted by Gasteiger charge is 2.19. The summed E-state index contributed by atoms with van der Waals surface area (Å²) in [6.07, 6.45) is 0. The van der Waals surface area contributed by atoms with Crippen LogP contribution in [0.15, 0.2) is 29.4 Å². The number of benzene rings is 1. The topological polar surface area (TPSA) is 73.5 Å². The van der Waals surface area contributed by atoms with Crippen LogP contribution in [0.4, 0.5) is 10.1 Å². The Kier molecular flexibility index (Phi) is 6.00. The van der Waals surface area contributed by atoms with Crippen molar-refractivity contribution >= 4 is 23.4 Å². The van der Waals surface area contributed by atoms with Crippen LogP contribution in [0.25, 0.3) is 0 Å². The molecule has 0 spiro atoms. The van der Waals surface area contributed by atoms with Gasteiger partial charge in [0.25, 0.3) is 0 Å². The summed E-state index contributed by atoms with van der Waals surface area (Å²) >= 11 is 1.33. The SMILES string of the molecule is Cn1c(C[NH+]2CCOCC2)nnc1SCC(=O)Nc1ccc(F)cc1. The van der Waals surface area contributed by atoms with Gasteiger partial charge in [-0.05, 0) is 24.3 Å². The molecular weight excluding hydrogens is 345 g/mol. The number of morpholine rings is 1. The normalized spacial score (nSPS) is 15.3. The van der Waals surface area contributed by atoms with Crippen molar-refractivity contribution in [2.24, 2.45) is 7.05 Å². The first-order valence-corrected chi connectivity index (χ1v) is 9.08. The number of thioether (sulfide) groups is 1. The van der Waals surface area contributed by atoms with Gasteiger partial charge in [0.05, 0.1) is 19.0 Å². The molecule has 1 aliphatic heterocycles. The molecule has 2 N–H and O–H groups in total. The van der Waals surface area contributed by atoms with Crippen molar-refractivity contribution < 1.29 is 18.8 Å². The Morgan fingerprint density at radius 2 is 2.04 bits per heavy atom. The number of carbonyl (C=O) groups is 1. The molecule has 3 rings (SSSR count). The number of nitrogens with zero attached hydrogens (tertiary/aromatic N) is 3. The van der Waals surface area contributed by atoms with Gasteiger partial charge in [-0.2, -0.15) is 0 Å². The minimum atomic E-state index is -0.332. The molecule has 7 nitrogen and oxygen atoms in total. The predicted molar refractivity (Wildman–Crippen MR) is 92.0 cm³/mol. The number of carbonyl (C=O) groups excluding carboxylic acids is 1. The van der Waals surface area contributed by atoms with Gasteiger partial charge in [-0.15, -0.1) is 10.2 Å². The number of hydrogen-bond donors (Lipinski definition) is 2. The van der Waals surface area contributed by atoms with Gasteiger partial charge in [0.15, 0.2) is 11.0 Å². The fourth-order valence-electron chi connectivity index (χ4n) is 2.55. The molecule has 1 fully saturated rings. The average molecular weight is 366 g/mol. The van der Waals surface area contributed by atoms with Gasteiger partial charge < -0.3 is 19.5 Å². The van der Waals surface area contributed by atoms with Gasteiger partial charge in [0.1, 0.15) is 25.5 Å². The number of aromatic nitrogens is 3. The molecule has 0 unspecified atom stereocenters. The van der Waals surface area contributed by atoms with Gasteiger partial charge in [-0.25, -0.2) is 4.39 Å². The lowest BCUT2D eigenvalue weighted by Crippen LogP contribution is -3.12. The number of quaternary nitrogens is 1. The molecule has 1 aromatic heterocycles. The van der Waals surface area contributed by atoms with Crippen LogP contribution in [0.1, 0.15) is 5.82 Å². The second kappa shape index (κ2) is 8.41. The minimum absolute atomic E-state index is 0.167. The van der Waals surface area contributed by atoms with Gasteiger partial charge >= 0.3 is 0 Å². The van der Waals surface area contributed by atoms with Crippen LogP contribution in [0.2, 0.25) is 0 Å². The number of halogens is 1. The zero-order chi connectivity index (χ0) is 17.6. The average Bonchev–Trinajstić information content (AvgIpc) is 2.96.